The van der Waals surface area contributed by atoms with Gasteiger partial charge in [0.25, 0.3) is 0 Å². The van der Waals surface area contributed by atoms with Crippen molar-refractivity contribution >= 4 is 12.1 Å². The number of allylic oxidation sites excluding steroid dienone is 1. The van der Waals surface area contributed by atoms with Crippen molar-refractivity contribution < 1.29 is 31.9 Å². The van der Waals surface area contributed by atoms with Crippen molar-refractivity contribution in [3.63, 3.8) is 0 Å². The predicted octanol–water partition coefficient (Wildman–Crippen LogP) is 3.51. The minimum absolute atomic E-state index is 0.00378. The number of likely N-dealkylation sites (tertiary alicyclic amines) is 1. The van der Waals surface area contributed by atoms with E-state index in [0.717, 1.165) is 25.0 Å². The normalized spacial score (nSPS) is 20.5. The van der Waals surface area contributed by atoms with Gasteiger partial charge in [0.2, 0.25) is 0 Å². The summed E-state index contributed by atoms with van der Waals surface area (Å²) >= 11 is 0. The maximum absolute atomic E-state index is 14.3. The van der Waals surface area contributed by atoms with E-state index < -0.39 is 24.0 Å². The van der Waals surface area contributed by atoms with Crippen LogP contribution in [0.2, 0.25) is 0 Å². The number of nitrogens with zero attached hydrogens (tertiary/aromatic N) is 3. The molecule has 0 spiro atoms. The van der Waals surface area contributed by atoms with Gasteiger partial charge < -0.3 is 25.2 Å². The van der Waals surface area contributed by atoms with Gasteiger partial charge >= 0.3 is 18.4 Å². The third kappa shape index (κ3) is 6.76. The van der Waals surface area contributed by atoms with E-state index in [1.54, 1.807) is 15.9 Å². The van der Waals surface area contributed by atoms with E-state index in [0.29, 0.717) is 25.6 Å². The Morgan fingerprint density at radius 2 is 2.03 bits per heavy atom. The number of rotatable bonds is 6. The first kappa shape index (κ1) is 25.1. The molecule has 1 aliphatic carbocycles. The minimum Gasteiger partial charge on any atom is -0.406 e. The van der Waals surface area contributed by atoms with Crippen molar-refractivity contribution in [3.05, 3.63) is 41.7 Å². The van der Waals surface area contributed by atoms with Crippen molar-refractivity contribution in [2.75, 3.05) is 20.1 Å². The molecule has 184 valence electrons. The SMILES string of the molecule is CNC(=O)N1C[C@@H](/C=C/C#N)C[C@@H](N(C(=O)NCc2ccc(OC(F)(F)F)cc2F)C2CC2)C1. The molecule has 12 heteroatoms. The number of carbonyl (C=O) groups excluding carboxylic acids is 2. The van der Waals surface area contributed by atoms with Crippen molar-refractivity contribution in [2.45, 2.75) is 44.3 Å². The maximum Gasteiger partial charge on any atom is 0.573 e. The zero-order valence-corrected chi connectivity index (χ0v) is 18.4. The minimum atomic E-state index is -4.93. The fraction of sp³-hybridized carbons (Fsp3) is 0.500. The molecule has 0 aromatic heterocycles. The van der Waals surface area contributed by atoms with Gasteiger partial charge in [-0.25, -0.2) is 14.0 Å². The summed E-state index contributed by atoms with van der Waals surface area (Å²) in [4.78, 5) is 28.6. The molecule has 1 saturated heterocycles. The molecule has 1 saturated carbocycles. The van der Waals surface area contributed by atoms with Gasteiger partial charge in [-0.05, 0) is 31.2 Å². The number of hydrogen-bond donors (Lipinski definition) is 2. The highest BCUT2D eigenvalue weighted by Gasteiger charge is 2.41. The van der Waals surface area contributed by atoms with Crippen molar-refractivity contribution in [1.29, 1.82) is 5.26 Å². The molecule has 0 unspecified atom stereocenters. The van der Waals surface area contributed by atoms with E-state index in [-0.39, 0.29) is 36.1 Å². The van der Waals surface area contributed by atoms with Crippen LogP contribution >= 0.6 is 0 Å². The lowest BCUT2D eigenvalue weighted by Gasteiger charge is -2.42. The van der Waals surface area contributed by atoms with Crippen LogP contribution in [0.1, 0.15) is 24.8 Å². The third-order valence-electron chi connectivity index (χ3n) is 5.66. The number of piperidine rings is 1. The quantitative estimate of drug-likeness (QED) is 0.478. The van der Waals surface area contributed by atoms with Gasteiger partial charge in [0, 0.05) is 50.4 Å². The highest BCUT2D eigenvalue weighted by molar-refractivity contribution is 5.76. The third-order valence-corrected chi connectivity index (χ3v) is 5.66. The Kier molecular flexibility index (Phi) is 7.86. The second-order valence-corrected chi connectivity index (χ2v) is 8.20. The van der Waals surface area contributed by atoms with E-state index in [1.807, 2.05) is 6.07 Å². The number of nitrogens with one attached hydrogen (secondary N) is 2. The topological polar surface area (TPSA) is 97.7 Å². The second-order valence-electron chi connectivity index (χ2n) is 8.20. The molecule has 1 aromatic rings. The molecule has 0 bridgehead atoms. The zero-order valence-electron chi connectivity index (χ0n) is 18.4. The fourth-order valence-corrected chi connectivity index (χ4v) is 4.07. The maximum atomic E-state index is 14.3. The van der Waals surface area contributed by atoms with E-state index in [4.69, 9.17) is 5.26 Å². The monoisotopic (exact) mass is 483 g/mol. The molecule has 2 fully saturated rings. The largest absolute Gasteiger partial charge is 0.573 e. The number of alkyl halides is 3. The van der Waals surface area contributed by atoms with Gasteiger partial charge in [-0.3, -0.25) is 0 Å². The van der Waals surface area contributed by atoms with Crippen LogP contribution in [-0.2, 0) is 6.54 Å². The first-order valence-electron chi connectivity index (χ1n) is 10.7. The van der Waals surface area contributed by atoms with Gasteiger partial charge in [0.05, 0.1) is 12.1 Å². The average molecular weight is 483 g/mol. The highest BCUT2D eigenvalue weighted by atomic mass is 19.4. The summed E-state index contributed by atoms with van der Waals surface area (Å²) in [6.07, 6.45) is 0.265. The van der Waals surface area contributed by atoms with E-state index in [2.05, 4.69) is 15.4 Å². The van der Waals surface area contributed by atoms with Crippen LogP contribution in [0, 0.1) is 23.1 Å². The molecular weight excluding hydrogens is 458 g/mol. The van der Waals surface area contributed by atoms with Crippen molar-refractivity contribution in [1.82, 2.24) is 20.4 Å². The number of ether oxygens (including phenoxy) is 1. The smallest absolute Gasteiger partial charge is 0.406 e. The summed E-state index contributed by atoms with van der Waals surface area (Å²) in [5.41, 5.74) is 0.00378. The lowest BCUT2D eigenvalue weighted by atomic mass is 9.92. The first-order valence-corrected chi connectivity index (χ1v) is 10.7. The Morgan fingerprint density at radius 1 is 1.29 bits per heavy atom. The highest BCUT2D eigenvalue weighted by Crippen LogP contribution is 2.33. The molecule has 0 radical (unpaired) electrons. The van der Waals surface area contributed by atoms with Crippen LogP contribution < -0.4 is 15.4 Å². The van der Waals surface area contributed by atoms with Crippen LogP contribution in [0.25, 0.3) is 0 Å². The molecule has 3 rings (SSSR count). The summed E-state index contributed by atoms with van der Waals surface area (Å²) in [5, 5.41) is 14.1. The van der Waals surface area contributed by atoms with E-state index in [1.165, 1.54) is 13.1 Å². The van der Waals surface area contributed by atoms with Crippen LogP contribution in [0.15, 0.2) is 30.4 Å². The van der Waals surface area contributed by atoms with Crippen molar-refractivity contribution in [3.8, 4) is 11.8 Å². The van der Waals surface area contributed by atoms with E-state index >= 15 is 0 Å². The molecular formula is C22H25F4N5O3. The van der Waals surface area contributed by atoms with Gasteiger partial charge in [-0.2, -0.15) is 5.26 Å². The first-order chi connectivity index (χ1) is 16.1. The molecule has 1 aliphatic heterocycles. The Balaban J connectivity index is 1.70. The lowest BCUT2D eigenvalue weighted by molar-refractivity contribution is -0.274. The number of urea groups is 2. The molecule has 2 atom stereocenters. The number of hydrogen-bond acceptors (Lipinski definition) is 4. The van der Waals surface area contributed by atoms with Crippen molar-refractivity contribution in [2.24, 2.45) is 5.92 Å². The summed E-state index contributed by atoms with van der Waals surface area (Å²) in [5.74, 6) is -1.75. The van der Waals surface area contributed by atoms with Crippen LogP contribution in [0.3, 0.4) is 0 Å². The Morgan fingerprint density at radius 3 is 2.62 bits per heavy atom. The van der Waals surface area contributed by atoms with Crippen LogP contribution in [0.4, 0.5) is 27.2 Å². The number of carbonyl (C=O) groups is 2. The van der Waals surface area contributed by atoms with Gasteiger partial charge in [0.15, 0.2) is 0 Å². The summed E-state index contributed by atoms with van der Waals surface area (Å²) in [7, 11) is 1.51. The van der Waals surface area contributed by atoms with Gasteiger partial charge in [0.1, 0.15) is 11.6 Å². The van der Waals surface area contributed by atoms with Gasteiger partial charge in [-0.1, -0.05) is 12.1 Å². The molecule has 1 heterocycles. The summed E-state index contributed by atoms with van der Waals surface area (Å²) in [6.45, 7) is 0.480. The van der Waals surface area contributed by atoms with E-state index in [9.17, 15) is 27.2 Å². The van der Waals surface area contributed by atoms with Gasteiger partial charge in [-0.15, -0.1) is 13.2 Å². The number of nitriles is 1. The number of halogens is 4. The Hall–Kier alpha value is -3.49. The summed E-state index contributed by atoms with van der Waals surface area (Å²) in [6, 6.07) is 3.55. The predicted molar refractivity (Wildman–Crippen MR) is 113 cm³/mol. The standard InChI is InChI=1S/C22H25F4N5O3/c1-28-20(32)30-12-14(3-2-8-27)9-17(13-30)31(16-5-6-16)21(33)29-11-15-4-7-18(10-19(15)23)34-22(24,25)26/h2-4,7,10,14,16-17H,5-6,9,11-13H2,1H3,(H,28,32)(H,29,33)/b3-2+/t14-,17+/m0/s1. The molecule has 4 amide bonds. The second kappa shape index (κ2) is 10.6. The zero-order chi connectivity index (χ0) is 24.9. The molecule has 34 heavy (non-hydrogen) atoms. The van der Waals surface area contributed by atoms with Crippen LogP contribution in [0.5, 0.6) is 5.75 Å². The molecule has 2 N–H and O–H groups in total. The summed E-state index contributed by atoms with van der Waals surface area (Å²) < 4.78 is 54.9. The molecule has 2 aliphatic rings. The lowest BCUT2D eigenvalue weighted by Crippen LogP contribution is -2.57. The molecule has 1 aromatic carbocycles. The number of amides is 4. The Bertz CT molecular complexity index is 974. The Labute approximate surface area is 194 Å². The average Bonchev–Trinajstić information content (AvgIpc) is 3.60. The fourth-order valence-electron chi connectivity index (χ4n) is 4.07. The number of benzene rings is 1. The molecule has 8 nitrogen and oxygen atoms in total. The van der Waals surface area contributed by atoms with Crippen LogP contribution in [-0.4, -0.2) is 60.4 Å².